The number of allylic oxidation sites excluding steroid dienone is 1. The zero-order valence-electron chi connectivity index (χ0n) is 19.2. The summed E-state index contributed by atoms with van der Waals surface area (Å²) >= 11 is 1.17. The zero-order valence-corrected chi connectivity index (χ0v) is 20.0. The highest BCUT2D eigenvalue weighted by atomic mass is 32.2. The number of carbonyl (C=O) groups is 2. The van der Waals surface area contributed by atoms with E-state index in [4.69, 9.17) is 25.4 Å². The van der Waals surface area contributed by atoms with Crippen LogP contribution in [-0.4, -0.2) is 38.7 Å². The molecule has 0 saturated heterocycles. The molecule has 0 atom stereocenters. The van der Waals surface area contributed by atoms with Crippen molar-refractivity contribution >= 4 is 35.3 Å². The molecule has 0 radical (unpaired) electrons. The minimum absolute atomic E-state index is 0.0343. The van der Waals surface area contributed by atoms with Crippen molar-refractivity contribution in [3.8, 4) is 29.6 Å². The van der Waals surface area contributed by atoms with Crippen molar-refractivity contribution in [3.05, 3.63) is 63.5 Å². The number of hydrogen-bond acceptors (Lipinski definition) is 8. The van der Waals surface area contributed by atoms with Crippen molar-refractivity contribution in [1.29, 1.82) is 0 Å². The minimum Gasteiger partial charge on any atom is -0.494 e. The van der Waals surface area contributed by atoms with Crippen LogP contribution >= 0.6 is 11.8 Å². The van der Waals surface area contributed by atoms with Gasteiger partial charge in [-0.3, -0.25) is 4.79 Å². The Morgan fingerprint density at radius 1 is 1.09 bits per heavy atom. The molecule has 176 valence electrons. The SMILES string of the molecule is C#CCOc1ccc(/C=C2\SC(Nc3ccc(OCC)cc3)=C(C(=O)OCC)C2=O)cc1OC. The number of methoxy groups -OCH3 is 1. The third-order valence-corrected chi connectivity index (χ3v) is 5.62. The van der Waals surface area contributed by atoms with Crippen molar-refractivity contribution in [2.24, 2.45) is 0 Å². The van der Waals surface area contributed by atoms with Crippen LogP contribution < -0.4 is 19.5 Å². The molecule has 1 aliphatic heterocycles. The number of rotatable bonds is 10. The van der Waals surface area contributed by atoms with Crippen molar-refractivity contribution in [2.75, 3.05) is 32.2 Å². The zero-order chi connectivity index (χ0) is 24.5. The van der Waals surface area contributed by atoms with Gasteiger partial charge in [-0.2, -0.15) is 0 Å². The summed E-state index contributed by atoms with van der Waals surface area (Å²) in [7, 11) is 1.52. The molecular formula is C26H25NO6S. The van der Waals surface area contributed by atoms with Crippen LogP contribution in [0, 0.1) is 12.3 Å². The van der Waals surface area contributed by atoms with Gasteiger partial charge in [-0.25, -0.2) is 4.79 Å². The molecule has 0 bridgehead atoms. The summed E-state index contributed by atoms with van der Waals surface area (Å²) < 4.78 is 21.4. The molecule has 2 aromatic carbocycles. The fourth-order valence-corrected chi connectivity index (χ4v) is 4.16. The van der Waals surface area contributed by atoms with Gasteiger partial charge in [-0.05, 0) is 61.9 Å². The summed E-state index contributed by atoms with van der Waals surface area (Å²) in [6.45, 7) is 4.43. The van der Waals surface area contributed by atoms with Crippen LogP contribution in [0.3, 0.4) is 0 Å². The van der Waals surface area contributed by atoms with Crippen molar-refractivity contribution in [3.63, 3.8) is 0 Å². The highest BCUT2D eigenvalue weighted by molar-refractivity contribution is 8.08. The first-order valence-electron chi connectivity index (χ1n) is 10.6. The van der Waals surface area contributed by atoms with Crippen LogP contribution in [-0.2, 0) is 14.3 Å². The van der Waals surface area contributed by atoms with E-state index in [2.05, 4.69) is 11.2 Å². The van der Waals surface area contributed by atoms with E-state index in [0.29, 0.717) is 39.3 Å². The summed E-state index contributed by atoms with van der Waals surface area (Å²) in [5.41, 5.74) is 1.37. The van der Waals surface area contributed by atoms with Gasteiger partial charge in [0.25, 0.3) is 0 Å². The first-order valence-corrected chi connectivity index (χ1v) is 11.4. The van der Waals surface area contributed by atoms with E-state index in [1.54, 1.807) is 31.2 Å². The maximum absolute atomic E-state index is 13.1. The summed E-state index contributed by atoms with van der Waals surface area (Å²) in [4.78, 5) is 26.1. The van der Waals surface area contributed by atoms with Crippen molar-refractivity contribution < 1.29 is 28.5 Å². The lowest BCUT2D eigenvalue weighted by Gasteiger charge is -2.10. The Kier molecular flexibility index (Phi) is 8.66. The van der Waals surface area contributed by atoms with Crippen LogP contribution in [0.5, 0.6) is 17.2 Å². The second kappa shape index (κ2) is 11.9. The van der Waals surface area contributed by atoms with E-state index in [-0.39, 0.29) is 18.8 Å². The molecule has 1 aliphatic rings. The third-order valence-electron chi connectivity index (χ3n) is 4.59. The molecule has 0 aliphatic carbocycles. The number of hydrogen-bond donors (Lipinski definition) is 1. The van der Waals surface area contributed by atoms with Gasteiger partial charge in [0, 0.05) is 5.69 Å². The normalized spacial score (nSPS) is 14.1. The Hall–Kier alpha value is -3.83. The maximum Gasteiger partial charge on any atom is 0.344 e. The number of anilines is 1. The average molecular weight is 480 g/mol. The van der Waals surface area contributed by atoms with E-state index in [1.807, 2.05) is 31.2 Å². The number of ketones is 1. The van der Waals surface area contributed by atoms with E-state index in [1.165, 1.54) is 18.9 Å². The van der Waals surface area contributed by atoms with Crippen LogP contribution in [0.4, 0.5) is 5.69 Å². The lowest BCUT2D eigenvalue weighted by Crippen LogP contribution is -2.16. The fraction of sp³-hybridized carbons (Fsp3) is 0.231. The van der Waals surface area contributed by atoms with E-state index < -0.39 is 11.8 Å². The number of nitrogens with one attached hydrogen (secondary N) is 1. The molecule has 2 aromatic rings. The summed E-state index contributed by atoms with van der Waals surface area (Å²) in [5.74, 6) is 3.02. The summed E-state index contributed by atoms with van der Waals surface area (Å²) in [6, 6.07) is 12.5. The Labute approximate surface area is 203 Å². The second-order valence-electron chi connectivity index (χ2n) is 6.85. The Balaban J connectivity index is 1.89. The molecule has 7 nitrogen and oxygen atoms in total. The molecule has 8 heteroatoms. The quantitative estimate of drug-likeness (QED) is 0.228. The Morgan fingerprint density at radius 2 is 1.85 bits per heavy atom. The van der Waals surface area contributed by atoms with Crippen LogP contribution in [0.15, 0.2) is 58.0 Å². The van der Waals surface area contributed by atoms with Gasteiger partial charge in [0.15, 0.2) is 11.5 Å². The van der Waals surface area contributed by atoms with Gasteiger partial charge in [-0.15, -0.1) is 6.42 Å². The van der Waals surface area contributed by atoms with Gasteiger partial charge >= 0.3 is 5.97 Å². The smallest absolute Gasteiger partial charge is 0.344 e. The second-order valence-corrected chi connectivity index (χ2v) is 7.90. The Morgan fingerprint density at radius 3 is 2.50 bits per heavy atom. The topological polar surface area (TPSA) is 83.1 Å². The van der Waals surface area contributed by atoms with E-state index >= 15 is 0 Å². The number of terminal acetylenes is 1. The highest BCUT2D eigenvalue weighted by Crippen LogP contribution is 2.41. The molecule has 3 rings (SSSR count). The molecule has 1 heterocycles. The molecule has 1 N–H and O–H groups in total. The maximum atomic E-state index is 13.1. The Bertz CT molecular complexity index is 1160. The number of ether oxygens (including phenoxy) is 4. The number of benzene rings is 2. The molecule has 0 saturated carbocycles. The monoisotopic (exact) mass is 479 g/mol. The average Bonchev–Trinajstić information content (AvgIpc) is 3.14. The number of Topliss-reactive ketones (excluding diaryl/α,β-unsaturated/α-hetero) is 1. The number of thioether (sulfide) groups is 1. The molecular weight excluding hydrogens is 454 g/mol. The van der Waals surface area contributed by atoms with Crippen molar-refractivity contribution in [1.82, 2.24) is 0 Å². The molecule has 0 fully saturated rings. The van der Waals surface area contributed by atoms with Crippen molar-refractivity contribution in [2.45, 2.75) is 13.8 Å². The van der Waals surface area contributed by atoms with Gasteiger partial charge in [0.1, 0.15) is 17.9 Å². The molecule has 0 amide bonds. The van der Waals surface area contributed by atoms with Crippen LogP contribution in [0.1, 0.15) is 19.4 Å². The standard InChI is InChI=1S/C26H25NO6S/c1-5-14-33-20-13-8-17(15-21(20)30-4)16-22-24(28)23(26(29)32-7-3)25(34-22)27-18-9-11-19(12-10-18)31-6-2/h1,8-13,15-16,27H,6-7,14H2,2-4H3/b22-16-. The van der Waals surface area contributed by atoms with Crippen LogP contribution in [0.2, 0.25) is 0 Å². The van der Waals surface area contributed by atoms with Gasteiger partial charge in [0.2, 0.25) is 5.78 Å². The number of carbonyl (C=O) groups excluding carboxylic acids is 2. The van der Waals surface area contributed by atoms with Gasteiger partial charge in [-0.1, -0.05) is 23.7 Å². The lowest BCUT2D eigenvalue weighted by atomic mass is 10.1. The molecule has 0 spiro atoms. The summed E-state index contributed by atoms with van der Waals surface area (Å²) in [5, 5.41) is 3.56. The third kappa shape index (κ3) is 5.94. The van der Waals surface area contributed by atoms with Gasteiger partial charge < -0.3 is 24.3 Å². The number of esters is 1. The van der Waals surface area contributed by atoms with E-state index in [9.17, 15) is 9.59 Å². The van der Waals surface area contributed by atoms with Gasteiger partial charge in [0.05, 0.1) is 30.3 Å². The van der Waals surface area contributed by atoms with Crippen LogP contribution in [0.25, 0.3) is 6.08 Å². The van der Waals surface area contributed by atoms with E-state index in [0.717, 1.165) is 5.75 Å². The largest absolute Gasteiger partial charge is 0.494 e. The lowest BCUT2D eigenvalue weighted by molar-refractivity contribution is -0.139. The predicted molar refractivity (Wildman–Crippen MR) is 133 cm³/mol. The first kappa shape index (κ1) is 24.8. The molecule has 34 heavy (non-hydrogen) atoms. The predicted octanol–water partition coefficient (Wildman–Crippen LogP) is 4.65. The highest BCUT2D eigenvalue weighted by Gasteiger charge is 2.35. The fourth-order valence-electron chi connectivity index (χ4n) is 3.10. The molecule has 0 aromatic heterocycles. The minimum atomic E-state index is -0.674. The first-order chi connectivity index (χ1) is 16.5. The molecule has 0 unspecified atom stereocenters. The summed E-state index contributed by atoms with van der Waals surface area (Å²) in [6.07, 6.45) is 6.94.